The molecule has 2 rings (SSSR count). The van der Waals surface area contributed by atoms with Crippen LogP contribution >= 0.6 is 11.6 Å². The summed E-state index contributed by atoms with van der Waals surface area (Å²) in [6.45, 7) is 1.52. The topological polar surface area (TPSA) is 58.6 Å². The molecule has 0 radical (unpaired) electrons. The molecule has 2 aromatic carbocycles. The third kappa shape index (κ3) is 5.20. The van der Waals surface area contributed by atoms with Gasteiger partial charge in [-0.25, -0.2) is 4.39 Å². The summed E-state index contributed by atoms with van der Waals surface area (Å²) >= 11 is 6.17. The average molecular weight is 379 g/mol. The van der Waals surface area contributed by atoms with Crippen molar-refractivity contribution >= 4 is 23.4 Å². The molecule has 138 valence electrons. The van der Waals surface area contributed by atoms with E-state index in [9.17, 15) is 14.0 Å². The van der Waals surface area contributed by atoms with Crippen molar-refractivity contribution in [2.75, 3.05) is 13.7 Å². The summed E-state index contributed by atoms with van der Waals surface area (Å²) in [5.74, 6) is -0.708. The number of amides is 2. The summed E-state index contributed by atoms with van der Waals surface area (Å²) in [4.78, 5) is 26.1. The molecule has 0 saturated heterocycles. The van der Waals surface area contributed by atoms with Gasteiger partial charge < -0.3 is 15.0 Å². The Morgan fingerprint density at radius 1 is 1.19 bits per heavy atom. The van der Waals surface area contributed by atoms with Gasteiger partial charge in [-0.3, -0.25) is 9.59 Å². The minimum absolute atomic E-state index is 0.167. The Morgan fingerprint density at radius 2 is 1.85 bits per heavy atom. The lowest BCUT2D eigenvalue weighted by Gasteiger charge is -2.28. The first-order valence-electron chi connectivity index (χ1n) is 8.05. The second-order valence-corrected chi connectivity index (χ2v) is 6.05. The zero-order valence-electron chi connectivity index (χ0n) is 14.5. The van der Waals surface area contributed by atoms with Gasteiger partial charge in [0.05, 0.1) is 0 Å². The second-order valence-electron chi connectivity index (χ2n) is 5.65. The highest BCUT2D eigenvalue weighted by molar-refractivity contribution is 6.31. The number of likely N-dealkylation sites (N-methyl/N-ethyl adjacent to an activating group) is 1. The van der Waals surface area contributed by atoms with Gasteiger partial charge in [0, 0.05) is 18.6 Å². The van der Waals surface area contributed by atoms with Crippen molar-refractivity contribution in [1.82, 2.24) is 10.2 Å². The molecular weight excluding hydrogens is 359 g/mol. The Morgan fingerprint density at radius 3 is 2.46 bits per heavy atom. The molecule has 0 aliphatic heterocycles. The van der Waals surface area contributed by atoms with Crippen LogP contribution < -0.4 is 10.1 Å². The maximum Gasteiger partial charge on any atom is 0.261 e. The Labute approximate surface area is 156 Å². The van der Waals surface area contributed by atoms with E-state index in [2.05, 4.69) is 5.32 Å². The van der Waals surface area contributed by atoms with E-state index in [4.69, 9.17) is 16.3 Å². The molecular formula is C19H20ClFN2O3. The maximum absolute atomic E-state index is 12.9. The minimum atomic E-state index is -0.708. The van der Waals surface area contributed by atoms with Gasteiger partial charge in [0.25, 0.3) is 5.91 Å². The molecule has 0 saturated carbocycles. The number of hydrogen-bond donors (Lipinski definition) is 1. The number of benzene rings is 2. The van der Waals surface area contributed by atoms with Crippen LogP contribution in [0.2, 0.25) is 5.02 Å². The van der Waals surface area contributed by atoms with E-state index in [1.165, 1.54) is 36.2 Å². The second kappa shape index (κ2) is 9.20. The van der Waals surface area contributed by atoms with E-state index < -0.39 is 11.9 Å². The number of halogens is 2. The molecule has 0 heterocycles. The van der Waals surface area contributed by atoms with Crippen molar-refractivity contribution in [3.8, 4) is 5.75 Å². The molecule has 0 fully saturated rings. The summed E-state index contributed by atoms with van der Waals surface area (Å²) in [5, 5.41) is 3.04. The molecule has 1 N–H and O–H groups in total. The largest absolute Gasteiger partial charge is 0.484 e. The molecule has 26 heavy (non-hydrogen) atoms. The van der Waals surface area contributed by atoms with Crippen LogP contribution in [0.15, 0.2) is 48.5 Å². The van der Waals surface area contributed by atoms with Crippen molar-refractivity contribution in [3.63, 3.8) is 0 Å². The molecule has 5 nitrogen and oxygen atoms in total. The smallest absolute Gasteiger partial charge is 0.261 e. The number of carbonyl (C=O) groups is 2. The van der Waals surface area contributed by atoms with Crippen LogP contribution in [-0.2, 0) is 16.1 Å². The van der Waals surface area contributed by atoms with Gasteiger partial charge in [0.15, 0.2) is 6.61 Å². The molecule has 7 heteroatoms. The van der Waals surface area contributed by atoms with E-state index >= 15 is 0 Å². The number of hydrogen-bond acceptors (Lipinski definition) is 3. The van der Waals surface area contributed by atoms with Gasteiger partial charge in [0.1, 0.15) is 17.6 Å². The Bertz CT molecular complexity index is 768. The van der Waals surface area contributed by atoms with Crippen molar-refractivity contribution in [1.29, 1.82) is 0 Å². The molecule has 0 aliphatic rings. The Kier molecular flexibility index (Phi) is 6.97. The predicted molar refractivity (Wildman–Crippen MR) is 97.4 cm³/mol. The van der Waals surface area contributed by atoms with Crippen molar-refractivity contribution in [3.05, 3.63) is 64.9 Å². The van der Waals surface area contributed by atoms with Gasteiger partial charge in [-0.2, -0.15) is 0 Å². The van der Waals surface area contributed by atoms with E-state index in [0.29, 0.717) is 10.8 Å². The Hall–Kier alpha value is -2.60. The minimum Gasteiger partial charge on any atom is -0.484 e. The quantitative estimate of drug-likeness (QED) is 0.805. The molecule has 0 aliphatic carbocycles. The average Bonchev–Trinajstić information content (AvgIpc) is 2.65. The zero-order chi connectivity index (χ0) is 19.1. The third-order valence-electron chi connectivity index (χ3n) is 3.89. The van der Waals surface area contributed by atoms with E-state index in [1.54, 1.807) is 25.1 Å². The number of nitrogens with zero attached hydrogens (tertiary/aromatic N) is 1. The van der Waals surface area contributed by atoms with E-state index in [-0.39, 0.29) is 25.0 Å². The number of ether oxygens (including phenoxy) is 1. The van der Waals surface area contributed by atoms with Gasteiger partial charge >= 0.3 is 0 Å². The molecule has 0 spiro atoms. The summed E-state index contributed by atoms with van der Waals surface area (Å²) in [6.07, 6.45) is 0. The lowest BCUT2D eigenvalue weighted by Crippen LogP contribution is -2.48. The van der Waals surface area contributed by atoms with Gasteiger partial charge in [-0.15, -0.1) is 0 Å². The lowest BCUT2D eigenvalue weighted by atomic mass is 10.1. The first-order valence-corrected chi connectivity index (χ1v) is 8.43. The number of carbonyl (C=O) groups excluding carboxylic acids is 2. The molecule has 2 amide bonds. The van der Waals surface area contributed by atoms with Crippen LogP contribution in [-0.4, -0.2) is 36.4 Å². The van der Waals surface area contributed by atoms with Crippen LogP contribution in [0.25, 0.3) is 0 Å². The highest BCUT2D eigenvalue weighted by Gasteiger charge is 2.26. The summed E-state index contributed by atoms with van der Waals surface area (Å²) in [6, 6.07) is 11.8. The van der Waals surface area contributed by atoms with Crippen LogP contribution in [0.1, 0.15) is 12.5 Å². The highest BCUT2D eigenvalue weighted by Crippen LogP contribution is 2.19. The fourth-order valence-electron chi connectivity index (χ4n) is 2.36. The first kappa shape index (κ1) is 19.7. The van der Waals surface area contributed by atoms with Crippen molar-refractivity contribution < 1.29 is 18.7 Å². The van der Waals surface area contributed by atoms with Gasteiger partial charge in [-0.05, 0) is 42.8 Å². The Balaban J connectivity index is 2.13. The van der Waals surface area contributed by atoms with Gasteiger partial charge in [-0.1, -0.05) is 29.8 Å². The summed E-state index contributed by atoms with van der Waals surface area (Å²) in [5.41, 5.74) is 0.722. The standard InChI is InChI=1S/C19H20ClFN2O3/c1-13(19(25)22-2)23(11-14-5-3-4-6-17(14)20)18(24)12-26-16-9-7-15(21)8-10-16/h3-10,13H,11-12H2,1-2H3,(H,22,25)/t13-/m1/s1. The van der Waals surface area contributed by atoms with Crippen LogP contribution in [0, 0.1) is 5.82 Å². The third-order valence-corrected chi connectivity index (χ3v) is 4.26. The van der Waals surface area contributed by atoms with Crippen LogP contribution in [0.4, 0.5) is 4.39 Å². The van der Waals surface area contributed by atoms with Crippen molar-refractivity contribution in [2.45, 2.75) is 19.5 Å². The fourth-order valence-corrected chi connectivity index (χ4v) is 2.56. The van der Waals surface area contributed by atoms with E-state index in [1.807, 2.05) is 6.07 Å². The summed E-state index contributed by atoms with van der Waals surface area (Å²) in [7, 11) is 1.51. The van der Waals surface area contributed by atoms with Crippen LogP contribution in [0.5, 0.6) is 5.75 Å². The maximum atomic E-state index is 12.9. The summed E-state index contributed by atoms with van der Waals surface area (Å²) < 4.78 is 18.4. The normalized spacial score (nSPS) is 11.5. The number of nitrogens with one attached hydrogen (secondary N) is 1. The first-order chi connectivity index (χ1) is 12.4. The highest BCUT2D eigenvalue weighted by atomic mass is 35.5. The zero-order valence-corrected chi connectivity index (χ0v) is 15.3. The van der Waals surface area contributed by atoms with E-state index in [0.717, 1.165) is 5.56 Å². The monoisotopic (exact) mass is 378 g/mol. The fraction of sp³-hybridized carbons (Fsp3) is 0.263. The van der Waals surface area contributed by atoms with Crippen molar-refractivity contribution in [2.24, 2.45) is 0 Å². The lowest BCUT2D eigenvalue weighted by molar-refractivity contribution is -0.142. The SMILES string of the molecule is CNC(=O)[C@@H](C)N(Cc1ccccc1Cl)C(=O)COc1ccc(F)cc1. The molecule has 0 bridgehead atoms. The number of rotatable bonds is 7. The molecule has 0 unspecified atom stereocenters. The van der Waals surface area contributed by atoms with Crippen LogP contribution in [0.3, 0.4) is 0 Å². The molecule has 1 atom stereocenters. The molecule has 2 aromatic rings. The molecule has 0 aromatic heterocycles. The van der Waals surface area contributed by atoms with Gasteiger partial charge in [0.2, 0.25) is 5.91 Å². The predicted octanol–water partition coefficient (Wildman–Crippen LogP) is 3.02.